The molecule has 1 aliphatic carbocycles. The van der Waals surface area contributed by atoms with Crippen molar-refractivity contribution in [3.8, 4) is 0 Å². The van der Waals surface area contributed by atoms with Gasteiger partial charge in [-0.1, -0.05) is 43.1 Å². The second-order valence-electron chi connectivity index (χ2n) is 5.77. The summed E-state index contributed by atoms with van der Waals surface area (Å²) in [6.45, 7) is 7.30. The van der Waals surface area contributed by atoms with E-state index >= 15 is 0 Å². The van der Waals surface area contributed by atoms with Crippen LogP contribution in [0, 0.1) is 17.3 Å². The molecule has 1 saturated carbocycles. The van der Waals surface area contributed by atoms with Crippen LogP contribution in [0.5, 0.6) is 0 Å². The lowest BCUT2D eigenvalue weighted by molar-refractivity contribution is 0.144. The third-order valence-corrected chi connectivity index (χ3v) is 5.61. The van der Waals surface area contributed by atoms with Gasteiger partial charge in [0.15, 0.2) is 0 Å². The molecule has 1 fully saturated rings. The molecule has 0 heterocycles. The van der Waals surface area contributed by atoms with Gasteiger partial charge in [-0.15, -0.1) is 0 Å². The highest BCUT2D eigenvalue weighted by atomic mass is 79.9. The van der Waals surface area contributed by atoms with E-state index in [1.165, 1.54) is 31.4 Å². The normalized spacial score (nSPS) is 33.0. The molecule has 3 atom stereocenters. The van der Waals surface area contributed by atoms with Crippen LogP contribution in [0.25, 0.3) is 0 Å². The first-order chi connectivity index (χ1) is 6.97. The van der Waals surface area contributed by atoms with Crippen LogP contribution in [0.1, 0.15) is 46.5 Å². The smallest absolute Gasteiger partial charge is 0.0181 e. The van der Waals surface area contributed by atoms with E-state index in [0.717, 1.165) is 16.7 Å². The Morgan fingerprint density at radius 1 is 1.33 bits per heavy atom. The van der Waals surface area contributed by atoms with Crippen LogP contribution in [0.4, 0.5) is 0 Å². The van der Waals surface area contributed by atoms with E-state index in [4.69, 9.17) is 0 Å². The topological polar surface area (TPSA) is 0 Å². The van der Waals surface area contributed by atoms with Gasteiger partial charge in [0.2, 0.25) is 0 Å². The van der Waals surface area contributed by atoms with Crippen molar-refractivity contribution in [2.45, 2.75) is 51.3 Å². The second-order valence-corrected chi connectivity index (χ2v) is 7.93. The first-order valence-electron chi connectivity index (χ1n) is 6.10. The Hall–Kier alpha value is 0.830. The lowest BCUT2D eigenvalue weighted by Gasteiger charge is -2.42. The van der Waals surface area contributed by atoms with Crippen LogP contribution in [0.2, 0.25) is 0 Å². The monoisotopic (exact) mass is 292 g/mol. The highest BCUT2D eigenvalue weighted by Gasteiger charge is 2.37. The molecule has 0 aromatic carbocycles. The van der Waals surface area contributed by atoms with Gasteiger partial charge in [0.05, 0.1) is 0 Å². The molecular weight excluding hydrogens is 268 g/mol. The van der Waals surface area contributed by atoms with E-state index in [1.807, 2.05) is 11.8 Å². The van der Waals surface area contributed by atoms with Gasteiger partial charge in [-0.2, -0.15) is 11.8 Å². The lowest BCUT2D eigenvalue weighted by atomic mass is 9.68. The minimum atomic E-state index is 0.511. The summed E-state index contributed by atoms with van der Waals surface area (Å²) in [7, 11) is 0. The summed E-state index contributed by atoms with van der Waals surface area (Å²) in [6, 6.07) is 0. The largest absolute Gasteiger partial charge is 0.165 e. The average Bonchev–Trinajstić information content (AvgIpc) is 2.14. The standard InChI is InChI=1S/C13H25BrS/c1-10-5-6-11(12(14)9-10)13(2,3)7-8-15-4/h10-12H,5-9H2,1-4H3. The van der Waals surface area contributed by atoms with Crippen molar-refractivity contribution >= 4 is 27.7 Å². The molecule has 0 nitrogen and oxygen atoms in total. The van der Waals surface area contributed by atoms with Crippen molar-refractivity contribution in [1.82, 2.24) is 0 Å². The zero-order valence-electron chi connectivity index (χ0n) is 10.6. The maximum atomic E-state index is 3.92. The van der Waals surface area contributed by atoms with Gasteiger partial charge in [0, 0.05) is 4.83 Å². The maximum Gasteiger partial charge on any atom is 0.0181 e. The Labute approximate surface area is 108 Å². The van der Waals surface area contributed by atoms with Gasteiger partial charge in [-0.3, -0.25) is 0 Å². The number of halogens is 1. The minimum absolute atomic E-state index is 0.511. The number of hydrogen-bond acceptors (Lipinski definition) is 1. The zero-order valence-corrected chi connectivity index (χ0v) is 13.0. The number of rotatable bonds is 4. The summed E-state index contributed by atoms with van der Waals surface area (Å²) in [5, 5.41) is 0. The van der Waals surface area contributed by atoms with Gasteiger partial charge in [-0.05, 0) is 48.5 Å². The Morgan fingerprint density at radius 3 is 2.53 bits per heavy atom. The summed E-state index contributed by atoms with van der Waals surface area (Å²) in [4.78, 5) is 0.748. The highest BCUT2D eigenvalue weighted by Crippen LogP contribution is 2.45. The minimum Gasteiger partial charge on any atom is -0.165 e. The van der Waals surface area contributed by atoms with Gasteiger partial charge in [-0.25, -0.2) is 0 Å². The van der Waals surface area contributed by atoms with Gasteiger partial charge in [0.1, 0.15) is 0 Å². The molecule has 90 valence electrons. The van der Waals surface area contributed by atoms with E-state index in [-0.39, 0.29) is 0 Å². The Balaban J connectivity index is 2.53. The molecule has 0 saturated heterocycles. The third-order valence-electron chi connectivity index (χ3n) is 3.99. The maximum absolute atomic E-state index is 3.92. The van der Waals surface area contributed by atoms with Gasteiger partial charge in [0.25, 0.3) is 0 Å². The summed E-state index contributed by atoms with van der Waals surface area (Å²) in [5.74, 6) is 3.10. The molecule has 15 heavy (non-hydrogen) atoms. The molecule has 0 N–H and O–H groups in total. The molecule has 0 amide bonds. The van der Waals surface area contributed by atoms with Crippen LogP contribution in [-0.2, 0) is 0 Å². The van der Waals surface area contributed by atoms with E-state index in [0.29, 0.717) is 5.41 Å². The second kappa shape index (κ2) is 5.95. The van der Waals surface area contributed by atoms with Gasteiger partial charge >= 0.3 is 0 Å². The van der Waals surface area contributed by atoms with Crippen molar-refractivity contribution in [2.75, 3.05) is 12.0 Å². The number of alkyl halides is 1. The van der Waals surface area contributed by atoms with E-state index in [9.17, 15) is 0 Å². The molecule has 0 aromatic rings. The van der Waals surface area contributed by atoms with Gasteiger partial charge < -0.3 is 0 Å². The van der Waals surface area contributed by atoms with Crippen LogP contribution >= 0.6 is 27.7 Å². The molecule has 0 bridgehead atoms. The number of thioether (sulfide) groups is 1. The van der Waals surface area contributed by atoms with Crippen LogP contribution in [0.15, 0.2) is 0 Å². The van der Waals surface area contributed by atoms with Crippen molar-refractivity contribution < 1.29 is 0 Å². The zero-order chi connectivity index (χ0) is 11.5. The Bertz CT molecular complexity index is 191. The van der Waals surface area contributed by atoms with Crippen LogP contribution in [-0.4, -0.2) is 16.8 Å². The molecule has 0 aliphatic heterocycles. The molecule has 3 unspecified atom stereocenters. The first kappa shape index (κ1) is 13.9. The van der Waals surface area contributed by atoms with E-state index in [2.05, 4.69) is 43.0 Å². The average molecular weight is 293 g/mol. The predicted molar refractivity (Wildman–Crippen MR) is 76.0 cm³/mol. The summed E-state index contributed by atoms with van der Waals surface area (Å²) in [6.07, 6.45) is 7.78. The van der Waals surface area contributed by atoms with Crippen molar-refractivity contribution in [1.29, 1.82) is 0 Å². The fourth-order valence-electron chi connectivity index (χ4n) is 2.74. The molecule has 1 rings (SSSR count). The fraction of sp³-hybridized carbons (Fsp3) is 1.00. The summed E-state index contributed by atoms with van der Waals surface area (Å²) < 4.78 is 0. The predicted octanol–water partition coefficient (Wildman–Crippen LogP) is 4.97. The third kappa shape index (κ3) is 3.96. The van der Waals surface area contributed by atoms with E-state index in [1.54, 1.807) is 0 Å². The highest BCUT2D eigenvalue weighted by molar-refractivity contribution is 9.09. The number of hydrogen-bond donors (Lipinski definition) is 0. The Morgan fingerprint density at radius 2 is 2.00 bits per heavy atom. The van der Waals surface area contributed by atoms with Crippen molar-refractivity contribution in [2.24, 2.45) is 17.3 Å². The van der Waals surface area contributed by atoms with Crippen molar-refractivity contribution in [3.63, 3.8) is 0 Å². The van der Waals surface area contributed by atoms with Crippen LogP contribution < -0.4 is 0 Å². The molecule has 1 aliphatic rings. The molecule has 0 aromatic heterocycles. The molecule has 2 heteroatoms. The van der Waals surface area contributed by atoms with Crippen molar-refractivity contribution in [3.05, 3.63) is 0 Å². The summed E-state index contributed by atoms with van der Waals surface area (Å²) >= 11 is 5.89. The lowest BCUT2D eigenvalue weighted by Crippen LogP contribution is -2.36. The van der Waals surface area contributed by atoms with E-state index < -0.39 is 0 Å². The molecule has 0 spiro atoms. The first-order valence-corrected chi connectivity index (χ1v) is 8.41. The van der Waals surface area contributed by atoms with Crippen LogP contribution in [0.3, 0.4) is 0 Å². The quantitative estimate of drug-likeness (QED) is 0.660. The molecular formula is C13H25BrS. The summed E-state index contributed by atoms with van der Waals surface area (Å²) in [5.41, 5.74) is 0.511. The molecule has 0 radical (unpaired) electrons. The SMILES string of the molecule is CSCCC(C)(C)C1CCC(C)CC1Br. The Kier molecular flexibility index (Phi) is 5.51. The fourth-order valence-corrected chi connectivity index (χ4v) is 5.09.